The van der Waals surface area contributed by atoms with Gasteiger partial charge >= 0.3 is 300 Å². The Hall–Kier alpha value is -4.30. The Labute approximate surface area is 299 Å². The molecular formula is C45H44GeO4. The van der Waals surface area contributed by atoms with Crippen LogP contribution in [0.5, 0.6) is 0 Å². The van der Waals surface area contributed by atoms with Gasteiger partial charge in [-0.1, -0.05) is 0 Å². The first-order valence-corrected chi connectivity index (χ1v) is 21.9. The van der Waals surface area contributed by atoms with Gasteiger partial charge in [-0.25, -0.2) is 0 Å². The molecule has 0 N–H and O–H groups in total. The van der Waals surface area contributed by atoms with Gasteiger partial charge in [-0.05, 0) is 0 Å². The molecule has 1 aliphatic heterocycles. The maximum atomic E-state index is 7.49. The monoisotopic (exact) mass is 722 g/mol. The molecule has 6 aromatic carbocycles. The third kappa shape index (κ3) is 8.02. The van der Waals surface area contributed by atoms with Gasteiger partial charge in [0, 0.05) is 0 Å². The van der Waals surface area contributed by atoms with Crippen LogP contribution in [-0.2, 0) is 38.8 Å². The quantitative estimate of drug-likeness (QED) is 0.111. The summed E-state index contributed by atoms with van der Waals surface area (Å²) in [5, 5.41) is 0. The van der Waals surface area contributed by atoms with Gasteiger partial charge in [-0.3, -0.25) is 0 Å². The van der Waals surface area contributed by atoms with E-state index in [-0.39, 0.29) is 23.2 Å². The van der Waals surface area contributed by atoms with E-state index in [1.54, 1.807) is 0 Å². The van der Waals surface area contributed by atoms with Gasteiger partial charge in [0.05, 0.1) is 0 Å². The van der Waals surface area contributed by atoms with Crippen LogP contribution in [0.4, 0.5) is 0 Å². The second-order valence-corrected chi connectivity index (χ2v) is 21.3. The number of rotatable bonds is 14. The van der Waals surface area contributed by atoms with Gasteiger partial charge in [0.15, 0.2) is 0 Å². The molecule has 6 aromatic rings. The zero-order valence-electron chi connectivity index (χ0n) is 28.3. The number of benzene rings is 6. The van der Waals surface area contributed by atoms with Crippen molar-refractivity contribution in [2.75, 3.05) is 6.61 Å². The summed E-state index contributed by atoms with van der Waals surface area (Å²) in [6.45, 7) is 1.83. The molecule has 50 heavy (non-hydrogen) atoms. The zero-order chi connectivity index (χ0) is 33.9. The first-order valence-electron chi connectivity index (χ1n) is 17.6. The van der Waals surface area contributed by atoms with Crippen molar-refractivity contribution in [1.29, 1.82) is 0 Å². The van der Waals surface area contributed by atoms with Gasteiger partial charge in [0.1, 0.15) is 0 Å². The van der Waals surface area contributed by atoms with Crippen LogP contribution in [0.2, 0.25) is 0 Å². The average molecular weight is 721 g/mol. The van der Waals surface area contributed by atoms with Crippen molar-refractivity contribution in [3.05, 3.63) is 199 Å². The summed E-state index contributed by atoms with van der Waals surface area (Å²) in [5.74, 6) is 0. The van der Waals surface area contributed by atoms with Gasteiger partial charge < -0.3 is 0 Å². The van der Waals surface area contributed by atoms with E-state index >= 15 is 0 Å². The molecular weight excluding hydrogens is 677 g/mol. The Morgan fingerprint density at radius 2 is 0.840 bits per heavy atom. The van der Waals surface area contributed by atoms with Gasteiger partial charge in [-0.2, -0.15) is 0 Å². The summed E-state index contributed by atoms with van der Waals surface area (Å²) in [4.78, 5) is -0.120. The van der Waals surface area contributed by atoms with Crippen molar-refractivity contribution in [2.24, 2.45) is 0 Å². The summed E-state index contributed by atoms with van der Waals surface area (Å²) in [5.41, 5.74) is 3.38. The SMILES string of the molecule is c1ccc(COC[C@H]2O[C@H]([Ge]([c]3ccccc3)([c]3ccccc3)[c]3ccccc3)C[C@@H](OCc3ccccc3)[C@H]2OCc2ccccc2)cc1. The van der Waals surface area contributed by atoms with Crippen LogP contribution in [0, 0.1) is 0 Å². The molecule has 252 valence electrons. The molecule has 0 radical (unpaired) electrons. The Kier molecular flexibility index (Phi) is 11.7. The van der Waals surface area contributed by atoms with E-state index in [0.717, 1.165) is 16.7 Å². The molecule has 0 bridgehead atoms. The molecule has 0 aromatic heterocycles. The van der Waals surface area contributed by atoms with E-state index in [2.05, 4.69) is 152 Å². The second-order valence-electron chi connectivity index (χ2n) is 12.9. The molecule has 0 amide bonds. The molecule has 1 fully saturated rings. The van der Waals surface area contributed by atoms with Crippen molar-refractivity contribution in [1.82, 2.24) is 0 Å². The third-order valence-electron chi connectivity index (χ3n) is 9.67. The Morgan fingerprint density at radius 3 is 1.28 bits per heavy atom. The van der Waals surface area contributed by atoms with Crippen LogP contribution in [0.25, 0.3) is 0 Å². The van der Waals surface area contributed by atoms with Crippen LogP contribution in [0.3, 0.4) is 0 Å². The van der Waals surface area contributed by atoms with Crippen LogP contribution in [0.1, 0.15) is 23.1 Å². The van der Waals surface area contributed by atoms with E-state index in [0.29, 0.717) is 32.8 Å². The first-order chi connectivity index (χ1) is 24.8. The van der Waals surface area contributed by atoms with Crippen molar-refractivity contribution >= 4 is 26.5 Å². The topological polar surface area (TPSA) is 36.9 Å². The molecule has 1 aliphatic rings. The van der Waals surface area contributed by atoms with Crippen molar-refractivity contribution in [3.63, 3.8) is 0 Å². The van der Waals surface area contributed by atoms with E-state index in [1.165, 1.54) is 13.2 Å². The van der Waals surface area contributed by atoms with E-state index in [1.807, 2.05) is 30.3 Å². The van der Waals surface area contributed by atoms with E-state index < -0.39 is 13.3 Å². The normalized spacial score (nSPS) is 19.2. The van der Waals surface area contributed by atoms with Crippen LogP contribution < -0.4 is 13.2 Å². The molecule has 4 nitrogen and oxygen atoms in total. The molecule has 4 atom stereocenters. The Bertz CT molecular complexity index is 1740. The first kappa shape index (κ1) is 34.2. The predicted molar refractivity (Wildman–Crippen MR) is 203 cm³/mol. The molecule has 1 saturated heterocycles. The minimum absolute atomic E-state index is 0.120. The Balaban J connectivity index is 1.31. The summed E-state index contributed by atoms with van der Waals surface area (Å²) in [6, 6.07) is 64.2. The molecule has 0 spiro atoms. The maximum absolute atomic E-state index is 7.49. The number of hydrogen-bond donors (Lipinski definition) is 0. The van der Waals surface area contributed by atoms with Crippen LogP contribution >= 0.6 is 0 Å². The summed E-state index contributed by atoms with van der Waals surface area (Å²) in [7, 11) is 0. The van der Waals surface area contributed by atoms with E-state index in [4.69, 9.17) is 18.9 Å². The molecule has 0 saturated carbocycles. The fraction of sp³-hybridized carbons (Fsp3) is 0.200. The summed E-state index contributed by atoms with van der Waals surface area (Å²) < 4.78 is 31.9. The average Bonchev–Trinajstić information content (AvgIpc) is 3.19. The third-order valence-corrected chi connectivity index (χ3v) is 20.3. The van der Waals surface area contributed by atoms with Crippen molar-refractivity contribution in [2.45, 2.75) is 49.5 Å². The number of ether oxygens (including phenoxy) is 4. The fourth-order valence-electron chi connectivity index (χ4n) is 7.29. The second kappa shape index (κ2) is 17.1. The minimum atomic E-state index is -3.62. The fourth-order valence-corrected chi connectivity index (χ4v) is 18.3. The summed E-state index contributed by atoms with van der Waals surface area (Å²) in [6.07, 6.45) is -0.235. The molecule has 5 heteroatoms. The molecule has 1 heterocycles. The van der Waals surface area contributed by atoms with Gasteiger partial charge in [0.25, 0.3) is 0 Å². The molecule has 0 aliphatic carbocycles. The van der Waals surface area contributed by atoms with Crippen LogP contribution in [-0.4, -0.2) is 43.1 Å². The molecule has 0 unspecified atom stereocenters. The van der Waals surface area contributed by atoms with Crippen LogP contribution in [0.15, 0.2) is 182 Å². The zero-order valence-corrected chi connectivity index (χ0v) is 30.4. The van der Waals surface area contributed by atoms with E-state index in [9.17, 15) is 0 Å². The Morgan fingerprint density at radius 1 is 0.460 bits per heavy atom. The van der Waals surface area contributed by atoms with Crippen molar-refractivity contribution < 1.29 is 18.9 Å². The predicted octanol–water partition coefficient (Wildman–Crippen LogP) is 7.24. The van der Waals surface area contributed by atoms with Crippen molar-refractivity contribution in [3.8, 4) is 0 Å². The summed E-state index contributed by atoms with van der Waals surface area (Å²) >= 11 is -3.62. The number of hydrogen-bond acceptors (Lipinski definition) is 4. The van der Waals surface area contributed by atoms with Gasteiger partial charge in [-0.15, -0.1) is 0 Å². The molecule has 7 rings (SSSR count). The standard InChI is InChI=1S/C45H44GeO4/c1-7-19-36(20-8-1)32-47-35-43-45(49-34-38-23-11-3-12-24-38)42(48-33-37-21-9-2-10-22-37)31-44(50-43)46(39-25-13-4-14-26-39,40-27-15-5-16-28-40)41-29-17-6-18-30-41/h1-30,42-45H,31-35H2/t42-,43-,44+,45-/m1/s1. The van der Waals surface area contributed by atoms with Gasteiger partial charge in [0.2, 0.25) is 0 Å².